The van der Waals surface area contributed by atoms with Gasteiger partial charge in [0.1, 0.15) is 17.9 Å². The minimum absolute atomic E-state index is 0.219. The van der Waals surface area contributed by atoms with Crippen LogP contribution >= 0.6 is 0 Å². The Bertz CT molecular complexity index is 447. The molecule has 1 aromatic rings. The van der Waals surface area contributed by atoms with E-state index in [2.05, 4.69) is 32.6 Å². The molecule has 0 heterocycles. The summed E-state index contributed by atoms with van der Waals surface area (Å²) in [5.41, 5.74) is 1.21. The van der Waals surface area contributed by atoms with Crippen molar-refractivity contribution in [3.05, 3.63) is 29.3 Å². The van der Waals surface area contributed by atoms with E-state index >= 15 is 0 Å². The SMILES string of the molecule is Cc1ccc(C(=O)O)c(OCCN(C(C)C)C(C)C)c1. The van der Waals surface area contributed by atoms with Gasteiger partial charge in [0.15, 0.2) is 0 Å². The average Bonchev–Trinajstić information content (AvgIpc) is 2.33. The van der Waals surface area contributed by atoms with Gasteiger partial charge in [-0.3, -0.25) is 4.90 Å². The third-order valence-corrected chi connectivity index (χ3v) is 3.30. The van der Waals surface area contributed by atoms with Crippen molar-refractivity contribution in [1.82, 2.24) is 4.90 Å². The number of aryl methyl sites for hydroxylation is 1. The van der Waals surface area contributed by atoms with Crippen LogP contribution in [0, 0.1) is 6.92 Å². The first-order valence-corrected chi connectivity index (χ1v) is 7.05. The molecule has 0 aromatic heterocycles. The zero-order valence-corrected chi connectivity index (χ0v) is 13.0. The molecule has 0 saturated carbocycles. The Labute approximate surface area is 121 Å². The molecule has 1 N–H and O–H groups in total. The molecule has 0 radical (unpaired) electrons. The normalized spacial score (nSPS) is 11.4. The average molecular weight is 279 g/mol. The summed E-state index contributed by atoms with van der Waals surface area (Å²) in [5, 5.41) is 9.15. The molecule has 0 aliphatic carbocycles. The molecule has 0 fully saturated rings. The highest BCUT2D eigenvalue weighted by Gasteiger charge is 2.15. The monoisotopic (exact) mass is 279 g/mol. The first-order valence-electron chi connectivity index (χ1n) is 7.05. The number of carboxylic acid groups (broad SMARTS) is 1. The molecule has 0 aliphatic heterocycles. The van der Waals surface area contributed by atoms with E-state index in [-0.39, 0.29) is 5.56 Å². The van der Waals surface area contributed by atoms with Crippen molar-refractivity contribution in [3.8, 4) is 5.75 Å². The largest absolute Gasteiger partial charge is 0.491 e. The fourth-order valence-corrected chi connectivity index (χ4v) is 2.30. The molecule has 0 aliphatic rings. The Morgan fingerprint density at radius 1 is 1.25 bits per heavy atom. The lowest BCUT2D eigenvalue weighted by Gasteiger charge is -2.30. The minimum atomic E-state index is -0.954. The predicted octanol–water partition coefficient (Wildman–Crippen LogP) is 3.19. The summed E-state index contributed by atoms with van der Waals surface area (Å²) in [6.07, 6.45) is 0. The van der Waals surface area contributed by atoms with Gasteiger partial charge in [-0.05, 0) is 52.3 Å². The number of carbonyl (C=O) groups is 1. The molecule has 1 rings (SSSR count). The van der Waals surface area contributed by atoms with E-state index in [4.69, 9.17) is 9.84 Å². The summed E-state index contributed by atoms with van der Waals surface area (Å²) >= 11 is 0. The standard InChI is InChI=1S/C16H25NO3/c1-11(2)17(12(3)4)8-9-20-15-10-13(5)6-7-14(15)16(18)19/h6-7,10-12H,8-9H2,1-5H3,(H,18,19). The van der Waals surface area contributed by atoms with E-state index in [1.807, 2.05) is 6.92 Å². The Morgan fingerprint density at radius 3 is 2.35 bits per heavy atom. The number of benzene rings is 1. The van der Waals surface area contributed by atoms with Gasteiger partial charge in [-0.25, -0.2) is 4.79 Å². The van der Waals surface area contributed by atoms with Crippen LogP contribution in [-0.4, -0.2) is 41.2 Å². The molecule has 1 aromatic carbocycles. The van der Waals surface area contributed by atoms with Crippen molar-refractivity contribution in [2.45, 2.75) is 46.7 Å². The van der Waals surface area contributed by atoms with Gasteiger partial charge in [-0.2, -0.15) is 0 Å². The van der Waals surface area contributed by atoms with Gasteiger partial charge in [0.2, 0.25) is 0 Å². The van der Waals surface area contributed by atoms with E-state index in [9.17, 15) is 4.79 Å². The maximum atomic E-state index is 11.2. The molecule has 112 valence electrons. The van der Waals surface area contributed by atoms with Crippen molar-refractivity contribution in [2.24, 2.45) is 0 Å². The molecular weight excluding hydrogens is 254 g/mol. The molecular formula is C16H25NO3. The summed E-state index contributed by atoms with van der Waals surface area (Å²) in [7, 11) is 0. The maximum Gasteiger partial charge on any atom is 0.339 e. The molecule has 4 nitrogen and oxygen atoms in total. The Hall–Kier alpha value is -1.55. The van der Waals surface area contributed by atoms with Crippen molar-refractivity contribution in [1.29, 1.82) is 0 Å². The zero-order valence-electron chi connectivity index (χ0n) is 13.0. The van der Waals surface area contributed by atoms with Gasteiger partial charge in [-0.1, -0.05) is 6.07 Å². The fourth-order valence-electron chi connectivity index (χ4n) is 2.30. The van der Waals surface area contributed by atoms with E-state index < -0.39 is 5.97 Å². The molecule has 0 saturated heterocycles. The van der Waals surface area contributed by atoms with Crippen LogP contribution in [0.4, 0.5) is 0 Å². The van der Waals surface area contributed by atoms with Crippen LogP contribution in [0.3, 0.4) is 0 Å². The second-order valence-electron chi connectivity index (χ2n) is 5.58. The molecule has 0 unspecified atom stereocenters. The topological polar surface area (TPSA) is 49.8 Å². The highest BCUT2D eigenvalue weighted by Crippen LogP contribution is 2.20. The maximum absolute atomic E-state index is 11.2. The number of hydrogen-bond acceptors (Lipinski definition) is 3. The third kappa shape index (κ3) is 4.53. The van der Waals surface area contributed by atoms with E-state index in [0.29, 0.717) is 24.4 Å². The van der Waals surface area contributed by atoms with Gasteiger partial charge in [-0.15, -0.1) is 0 Å². The second-order valence-corrected chi connectivity index (χ2v) is 5.58. The van der Waals surface area contributed by atoms with E-state index in [1.54, 1.807) is 18.2 Å². The van der Waals surface area contributed by atoms with Crippen LogP contribution in [0.1, 0.15) is 43.6 Å². The Kier molecular flexibility index (Phi) is 6.02. The van der Waals surface area contributed by atoms with Gasteiger partial charge in [0.25, 0.3) is 0 Å². The summed E-state index contributed by atoms with van der Waals surface area (Å²) in [4.78, 5) is 13.5. The van der Waals surface area contributed by atoms with Crippen molar-refractivity contribution in [2.75, 3.05) is 13.2 Å². The van der Waals surface area contributed by atoms with Crippen molar-refractivity contribution >= 4 is 5.97 Å². The number of rotatable bonds is 7. The number of carboxylic acids is 1. The molecule has 0 atom stereocenters. The smallest absolute Gasteiger partial charge is 0.339 e. The van der Waals surface area contributed by atoms with Crippen LogP contribution in [-0.2, 0) is 0 Å². The zero-order chi connectivity index (χ0) is 15.3. The van der Waals surface area contributed by atoms with E-state index in [0.717, 1.165) is 12.1 Å². The predicted molar refractivity (Wildman–Crippen MR) is 80.6 cm³/mol. The third-order valence-electron chi connectivity index (χ3n) is 3.30. The summed E-state index contributed by atoms with van der Waals surface area (Å²) in [5.74, 6) is -0.505. The molecule has 0 spiro atoms. The second kappa shape index (κ2) is 7.29. The lowest BCUT2D eigenvalue weighted by atomic mass is 10.1. The van der Waals surface area contributed by atoms with Crippen LogP contribution < -0.4 is 4.74 Å². The van der Waals surface area contributed by atoms with Crippen LogP contribution in [0.2, 0.25) is 0 Å². The van der Waals surface area contributed by atoms with E-state index in [1.165, 1.54) is 0 Å². The van der Waals surface area contributed by atoms with Gasteiger partial charge in [0.05, 0.1) is 0 Å². The highest BCUT2D eigenvalue weighted by molar-refractivity contribution is 5.90. The molecule has 0 bridgehead atoms. The van der Waals surface area contributed by atoms with Gasteiger partial charge in [0, 0.05) is 18.6 Å². The molecule has 20 heavy (non-hydrogen) atoms. The summed E-state index contributed by atoms with van der Waals surface area (Å²) in [6, 6.07) is 6.03. The number of ether oxygens (including phenoxy) is 1. The molecule has 0 amide bonds. The van der Waals surface area contributed by atoms with Crippen LogP contribution in [0.15, 0.2) is 18.2 Å². The number of aromatic carboxylic acids is 1. The minimum Gasteiger partial charge on any atom is -0.491 e. The lowest BCUT2D eigenvalue weighted by Crippen LogP contribution is -2.39. The number of nitrogens with zero attached hydrogens (tertiary/aromatic N) is 1. The first kappa shape index (κ1) is 16.5. The summed E-state index contributed by atoms with van der Waals surface area (Å²) in [6.45, 7) is 11.8. The lowest BCUT2D eigenvalue weighted by molar-refractivity contribution is 0.0690. The molecule has 4 heteroatoms. The van der Waals surface area contributed by atoms with Crippen molar-refractivity contribution < 1.29 is 14.6 Å². The Morgan fingerprint density at radius 2 is 1.85 bits per heavy atom. The highest BCUT2D eigenvalue weighted by atomic mass is 16.5. The fraction of sp³-hybridized carbons (Fsp3) is 0.562. The first-order chi connectivity index (χ1) is 9.32. The van der Waals surface area contributed by atoms with Crippen molar-refractivity contribution in [3.63, 3.8) is 0 Å². The van der Waals surface area contributed by atoms with Crippen LogP contribution in [0.5, 0.6) is 5.75 Å². The Balaban J connectivity index is 2.70. The number of hydrogen-bond donors (Lipinski definition) is 1. The summed E-state index contributed by atoms with van der Waals surface area (Å²) < 4.78 is 5.69. The van der Waals surface area contributed by atoms with Gasteiger partial charge >= 0.3 is 5.97 Å². The quantitative estimate of drug-likeness (QED) is 0.832. The van der Waals surface area contributed by atoms with Crippen LogP contribution in [0.25, 0.3) is 0 Å². The van der Waals surface area contributed by atoms with Gasteiger partial charge < -0.3 is 9.84 Å².